The second-order valence-electron chi connectivity index (χ2n) is 8.30. The Morgan fingerprint density at radius 3 is 2.33 bits per heavy atom. The molecule has 1 unspecified atom stereocenters. The van der Waals surface area contributed by atoms with Crippen LogP contribution in [0.4, 0.5) is 13.2 Å². The maximum Gasteiger partial charge on any atom is 0.257 e. The van der Waals surface area contributed by atoms with Crippen molar-refractivity contribution in [2.75, 3.05) is 0 Å². The standard InChI is InChI=1S/C22H25F3N2/c1-13-7-5-6-8-14(13)15-10-19-16(9-18(15)23)17(20(26)21(24)25)11-27(19)12-22(2,3)4/h5-11,20-21H,12,26H2,1-4H3. The van der Waals surface area contributed by atoms with E-state index in [0.29, 0.717) is 17.5 Å². The summed E-state index contributed by atoms with van der Waals surface area (Å²) >= 11 is 0. The van der Waals surface area contributed by atoms with Gasteiger partial charge in [-0.25, -0.2) is 13.2 Å². The number of hydrogen-bond donors (Lipinski definition) is 1. The zero-order chi connectivity index (χ0) is 19.9. The number of rotatable bonds is 4. The molecule has 0 radical (unpaired) electrons. The molecular weight excluding hydrogens is 349 g/mol. The zero-order valence-corrected chi connectivity index (χ0v) is 16.1. The Balaban J connectivity index is 2.27. The second-order valence-corrected chi connectivity index (χ2v) is 8.30. The average Bonchev–Trinajstić information content (AvgIpc) is 2.89. The van der Waals surface area contributed by atoms with Crippen LogP contribution >= 0.6 is 0 Å². The molecule has 144 valence electrons. The molecule has 3 rings (SSSR count). The van der Waals surface area contributed by atoms with Gasteiger partial charge in [0.1, 0.15) is 5.82 Å². The van der Waals surface area contributed by atoms with Gasteiger partial charge in [-0.3, -0.25) is 0 Å². The van der Waals surface area contributed by atoms with E-state index in [1.807, 2.05) is 35.8 Å². The topological polar surface area (TPSA) is 30.9 Å². The van der Waals surface area contributed by atoms with Gasteiger partial charge in [-0.05, 0) is 35.6 Å². The highest BCUT2D eigenvalue weighted by atomic mass is 19.3. The SMILES string of the molecule is Cc1ccccc1-c1cc2c(cc1F)c(C(N)C(F)F)cn2CC(C)(C)C. The Kier molecular flexibility index (Phi) is 5.08. The molecule has 0 fully saturated rings. The van der Waals surface area contributed by atoms with E-state index in [9.17, 15) is 13.2 Å². The van der Waals surface area contributed by atoms with E-state index in [-0.39, 0.29) is 11.0 Å². The number of benzene rings is 2. The Morgan fingerprint density at radius 1 is 1.07 bits per heavy atom. The summed E-state index contributed by atoms with van der Waals surface area (Å²) in [7, 11) is 0. The molecule has 0 bridgehead atoms. The number of fused-ring (bicyclic) bond motifs is 1. The van der Waals surface area contributed by atoms with Crippen molar-refractivity contribution in [3.8, 4) is 11.1 Å². The van der Waals surface area contributed by atoms with E-state index in [1.165, 1.54) is 6.07 Å². The third kappa shape index (κ3) is 3.88. The fourth-order valence-corrected chi connectivity index (χ4v) is 3.46. The van der Waals surface area contributed by atoms with Crippen molar-refractivity contribution < 1.29 is 13.2 Å². The molecule has 1 atom stereocenters. The second kappa shape index (κ2) is 7.04. The summed E-state index contributed by atoms with van der Waals surface area (Å²) in [5.74, 6) is -0.437. The number of halogens is 3. The lowest BCUT2D eigenvalue weighted by Crippen LogP contribution is -2.19. The van der Waals surface area contributed by atoms with Crippen molar-refractivity contribution in [2.45, 2.75) is 46.7 Å². The lowest BCUT2D eigenvalue weighted by molar-refractivity contribution is 0.117. The van der Waals surface area contributed by atoms with E-state index >= 15 is 0 Å². The quantitative estimate of drug-likeness (QED) is 0.591. The first-order valence-electron chi connectivity index (χ1n) is 9.00. The first-order chi connectivity index (χ1) is 12.6. The van der Waals surface area contributed by atoms with Crippen LogP contribution < -0.4 is 5.73 Å². The van der Waals surface area contributed by atoms with Crippen molar-refractivity contribution in [3.63, 3.8) is 0 Å². The molecule has 0 saturated heterocycles. The third-order valence-electron chi connectivity index (χ3n) is 4.71. The minimum atomic E-state index is -2.71. The Bertz CT molecular complexity index is 968. The third-order valence-corrected chi connectivity index (χ3v) is 4.71. The summed E-state index contributed by atoms with van der Waals surface area (Å²) in [4.78, 5) is 0. The van der Waals surface area contributed by atoms with E-state index in [2.05, 4.69) is 20.8 Å². The lowest BCUT2D eigenvalue weighted by Gasteiger charge is -2.20. The highest BCUT2D eigenvalue weighted by Crippen LogP contribution is 2.36. The molecule has 0 spiro atoms. The molecule has 1 aromatic heterocycles. The highest BCUT2D eigenvalue weighted by Gasteiger charge is 2.25. The van der Waals surface area contributed by atoms with Crippen molar-refractivity contribution >= 4 is 10.9 Å². The largest absolute Gasteiger partial charge is 0.347 e. The monoisotopic (exact) mass is 374 g/mol. The minimum Gasteiger partial charge on any atom is -0.347 e. The van der Waals surface area contributed by atoms with Crippen LogP contribution in [-0.2, 0) is 6.54 Å². The first-order valence-corrected chi connectivity index (χ1v) is 9.00. The van der Waals surface area contributed by atoms with Gasteiger partial charge in [0, 0.05) is 34.8 Å². The van der Waals surface area contributed by atoms with E-state index in [1.54, 1.807) is 12.3 Å². The van der Waals surface area contributed by atoms with Gasteiger partial charge < -0.3 is 10.3 Å². The van der Waals surface area contributed by atoms with Crippen LogP contribution in [0.1, 0.15) is 37.9 Å². The molecule has 0 aliphatic heterocycles. The zero-order valence-electron chi connectivity index (χ0n) is 16.1. The van der Waals surface area contributed by atoms with Crippen LogP contribution in [0.2, 0.25) is 0 Å². The first kappa shape index (κ1) is 19.5. The Labute approximate surface area is 157 Å². The van der Waals surface area contributed by atoms with Crippen molar-refractivity contribution in [3.05, 3.63) is 59.5 Å². The number of aryl methyl sites for hydroxylation is 1. The number of nitrogens with zero attached hydrogens (tertiary/aromatic N) is 1. The van der Waals surface area contributed by atoms with E-state index < -0.39 is 18.3 Å². The summed E-state index contributed by atoms with van der Waals surface area (Å²) < 4.78 is 43.4. The van der Waals surface area contributed by atoms with Gasteiger partial charge in [0.15, 0.2) is 0 Å². The van der Waals surface area contributed by atoms with Crippen LogP contribution in [0.25, 0.3) is 22.0 Å². The molecule has 2 aromatic carbocycles. The normalized spacial score (nSPS) is 13.5. The average molecular weight is 374 g/mol. The smallest absolute Gasteiger partial charge is 0.257 e. The lowest BCUT2D eigenvalue weighted by atomic mass is 9.96. The van der Waals surface area contributed by atoms with Gasteiger partial charge in [0.05, 0.1) is 6.04 Å². The predicted molar refractivity (Wildman–Crippen MR) is 104 cm³/mol. The Morgan fingerprint density at radius 2 is 1.74 bits per heavy atom. The van der Waals surface area contributed by atoms with E-state index in [4.69, 9.17) is 5.73 Å². The van der Waals surface area contributed by atoms with E-state index in [0.717, 1.165) is 16.6 Å². The number of aromatic nitrogens is 1. The number of alkyl halides is 2. The number of hydrogen-bond acceptors (Lipinski definition) is 1. The molecule has 0 aliphatic rings. The van der Waals surface area contributed by atoms with Crippen LogP contribution in [0.15, 0.2) is 42.6 Å². The molecule has 0 saturated carbocycles. The fraction of sp³-hybridized carbons (Fsp3) is 0.364. The fourth-order valence-electron chi connectivity index (χ4n) is 3.46. The summed E-state index contributed by atoms with van der Waals surface area (Å²) in [6, 6.07) is 9.19. The molecule has 1 heterocycles. The van der Waals surface area contributed by atoms with Gasteiger partial charge in [-0.2, -0.15) is 0 Å². The van der Waals surface area contributed by atoms with Crippen LogP contribution in [0.5, 0.6) is 0 Å². The molecule has 27 heavy (non-hydrogen) atoms. The van der Waals surface area contributed by atoms with Gasteiger partial charge >= 0.3 is 0 Å². The summed E-state index contributed by atoms with van der Waals surface area (Å²) in [6.07, 6.45) is -1.06. The highest BCUT2D eigenvalue weighted by molar-refractivity contribution is 5.89. The molecular formula is C22H25F3N2. The Hall–Kier alpha value is -2.27. The predicted octanol–water partition coefficient (Wildman–Crippen LogP) is 6.07. The van der Waals surface area contributed by atoms with Gasteiger partial charge in [-0.15, -0.1) is 0 Å². The van der Waals surface area contributed by atoms with Crippen LogP contribution in [0.3, 0.4) is 0 Å². The van der Waals surface area contributed by atoms with Gasteiger partial charge in [0.25, 0.3) is 6.43 Å². The maximum absolute atomic E-state index is 14.9. The van der Waals surface area contributed by atoms with Crippen molar-refractivity contribution in [1.29, 1.82) is 0 Å². The molecule has 0 aliphatic carbocycles. The molecule has 3 aromatic rings. The van der Waals surface area contributed by atoms with Crippen molar-refractivity contribution in [2.24, 2.45) is 11.1 Å². The molecule has 0 amide bonds. The van der Waals surface area contributed by atoms with Crippen LogP contribution in [-0.4, -0.2) is 11.0 Å². The molecule has 2 N–H and O–H groups in total. The van der Waals surface area contributed by atoms with Gasteiger partial charge in [0.2, 0.25) is 0 Å². The molecule has 2 nitrogen and oxygen atoms in total. The van der Waals surface area contributed by atoms with Gasteiger partial charge in [-0.1, -0.05) is 45.0 Å². The van der Waals surface area contributed by atoms with Crippen molar-refractivity contribution in [1.82, 2.24) is 4.57 Å². The summed E-state index contributed by atoms with van der Waals surface area (Å²) in [5.41, 5.74) is 8.85. The maximum atomic E-state index is 14.9. The summed E-state index contributed by atoms with van der Waals surface area (Å²) in [5, 5.41) is 0.446. The molecule has 5 heteroatoms. The number of nitrogens with two attached hydrogens (primary N) is 1. The van der Waals surface area contributed by atoms with Crippen LogP contribution in [0, 0.1) is 18.2 Å². The summed E-state index contributed by atoms with van der Waals surface area (Å²) in [6.45, 7) is 8.73. The minimum absolute atomic E-state index is 0.0740.